The minimum Gasteiger partial charge on any atom is -0.481 e. The molecule has 1 saturated heterocycles. The van der Waals surface area contributed by atoms with Crippen LogP contribution < -0.4 is 0 Å². The molecule has 33 heavy (non-hydrogen) atoms. The maximum absolute atomic E-state index is 13.6. The van der Waals surface area contributed by atoms with Gasteiger partial charge in [-0.2, -0.15) is 0 Å². The van der Waals surface area contributed by atoms with E-state index < -0.39 is 11.5 Å². The van der Waals surface area contributed by atoms with Gasteiger partial charge in [0.15, 0.2) is 0 Å². The third-order valence-corrected chi connectivity index (χ3v) is 7.48. The van der Waals surface area contributed by atoms with E-state index in [2.05, 4.69) is 0 Å². The van der Waals surface area contributed by atoms with Gasteiger partial charge in [0.05, 0.1) is 12.8 Å². The molecular formula is C25H25ClN2O4S. The molecule has 0 aliphatic carbocycles. The molecule has 1 aliphatic heterocycles. The van der Waals surface area contributed by atoms with Gasteiger partial charge in [0.1, 0.15) is 5.54 Å². The molecule has 8 heteroatoms. The number of carboxylic acids is 1. The summed E-state index contributed by atoms with van der Waals surface area (Å²) in [5.74, 6) is -1.31. The second-order valence-corrected chi connectivity index (χ2v) is 9.85. The first kappa shape index (κ1) is 23.3. The molecule has 0 bridgehead atoms. The Hall–Kier alpha value is -2.90. The Labute approximate surface area is 201 Å². The number of rotatable bonds is 8. The number of hydrogen-bond donors (Lipinski definition) is 1. The van der Waals surface area contributed by atoms with Crippen molar-refractivity contribution < 1.29 is 19.5 Å². The number of carbonyl (C=O) groups is 3. The summed E-state index contributed by atoms with van der Waals surface area (Å²) in [4.78, 5) is 41.1. The van der Waals surface area contributed by atoms with Crippen LogP contribution in [0.2, 0.25) is 5.02 Å². The Kier molecular flexibility index (Phi) is 6.72. The van der Waals surface area contributed by atoms with Crippen LogP contribution in [0.25, 0.3) is 10.1 Å². The summed E-state index contributed by atoms with van der Waals surface area (Å²) in [6.45, 7) is 2.58. The molecule has 0 radical (unpaired) electrons. The number of halogens is 1. The molecule has 1 fully saturated rings. The number of amides is 2. The third kappa shape index (κ3) is 4.89. The average Bonchev–Trinajstić information content (AvgIpc) is 3.17. The molecule has 2 amide bonds. The smallest absolute Gasteiger partial charge is 0.305 e. The molecule has 1 atom stereocenters. The second kappa shape index (κ2) is 9.53. The average molecular weight is 485 g/mol. The number of benzene rings is 2. The Morgan fingerprint density at radius 3 is 2.67 bits per heavy atom. The lowest BCUT2D eigenvalue weighted by atomic mass is 9.84. The van der Waals surface area contributed by atoms with E-state index in [0.717, 1.165) is 21.2 Å². The molecule has 1 unspecified atom stereocenters. The fourth-order valence-corrected chi connectivity index (χ4v) is 5.46. The van der Waals surface area contributed by atoms with Gasteiger partial charge in [-0.3, -0.25) is 14.4 Å². The number of hydrogen-bond acceptors (Lipinski definition) is 4. The first-order valence-electron chi connectivity index (χ1n) is 10.8. The lowest BCUT2D eigenvalue weighted by Gasteiger charge is -2.51. The SMILES string of the molecule is CC1(C(=O)N(CCC(=O)O)Cc2cccc(Cl)c2)CCN1C(=O)Cc1csc2ccccc12. The van der Waals surface area contributed by atoms with Crippen molar-refractivity contribution in [2.75, 3.05) is 13.1 Å². The Balaban J connectivity index is 1.52. The van der Waals surface area contributed by atoms with Gasteiger partial charge in [0, 0.05) is 29.4 Å². The van der Waals surface area contributed by atoms with Crippen LogP contribution in [-0.2, 0) is 27.3 Å². The summed E-state index contributed by atoms with van der Waals surface area (Å²) in [5, 5.41) is 12.8. The normalized spacial score (nSPS) is 17.6. The fraction of sp³-hybridized carbons (Fsp3) is 0.320. The number of thiophene rings is 1. The van der Waals surface area contributed by atoms with E-state index in [1.165, 1.54) is 4.90 Å². The molecule has 1 aromatic heterocycles. The molecule has 3 aromatic rings. The summed E-state index contributed by atoms with van der Waals surface area (Å²) in [6.07, 6.45) is 0.606. The topological polar surface area (TPSA) is 77.9 Å². The van der Waals surface area contributed by atoms with Crippen LogP contribution >= 0.6 is 22.9 Å². The second-order valence-electron chi connectivity index (χ2n) is 8.50. The number of carboxylic acid groups (broad SMARTS) is 1. The van der Waals surface area contributed by atoms with Crippen LogP contribution in [-0.4, -0.2) is 51.3 Å². The summed E-state index contributed by atoms with van der Waals surface area (Å²) in [7, 11) is 0. The van der Waals surface area contributed by atoms with E-state index in [9.17, 15) is 19.5 Å². The van der Waals surface area contributed by atoms with Crippen molar-refractivity contribution in [1.29, 1.82) is 0 Å². The molecule has 0 spiro atoms. The molecule has 1 aliphatic rings. The molecule has 0 saturated carbocycles. The summed E-state index contributed by atoms with van der Waals surface area (Å²) in [5.41, 5.74) is 0.788. The van der Waals surface area contributed by atoms with Crippen LogP contribution in [0.4, 0.5) is 0 Å². The Morgan fingerprint density at radius 2 is 1.97 bits per heavy atom. The Bertz CT molecular complexity index is 1210. The van der Waals surface area contributed by atoms with E-state index in [-0.39, 0.29) is 37.7 Å². The van der Waals surface area contributed by atoms with Crippen LogP contribution in [0.1, 0.15) is 30.9 Å². The molecule has 2 heterocycles. The predicted octanol–water partition coefficient (Wildman–Crippen LogP) is 4.59. The standard InChI is InChI=1S/C25H25ClN2O4S/c1-25(24(32)27(11-9-23(30)31)15-17-5-4-6-19(26)13-17)10-12-28(25)22(29)14-18-16-33-21-8-3-2-7-20(18)21/h2-8,13,16H,9-12,14-15H2,1H3,(H,30,31). The van der Waals surface area contributed by atoms with Gasteiger partial charge in [-0.15, -0.1) is 11.3 Å². The molecular weight excluding hydrogens is 460 g/mol. The number of nitrogens with zero attached hydrogens (tertiary/aromatic N) is 2. The number of aliphatic carboxylic acids is 1. The maximum Gasteiger partial charge on any atom is 0.305 e. The van der Waals surface area contributed by atoms with Crippen LogP contribution in [0, 0.1) is 0 Å². The molecule has 4 rings (SSSR count). The van der Waals surface area contributed by atoms with Crippen molar-refractivity contribution in [3.8, 4) is 0 Å². The van der Waals surface area contributed by atoms with E-state index in [1.54, 1.807) is 41.4 Å². The van der Waals surface area contributed by atoms with Crippen molar-refractivity contribution in [2.45, 2.75) is 38.3 Å². The lowest BCUT2D eigenvalue weighted by Crippen LogP contribution is -2.68. The van der Waals surface area contributed by atoms with Gasteiger partial charge in [-0.05, 0) is 53.4 Å². The highest BCUT2D eigenvalue weighted by Crippen LogP contribution is 2.35. The minimum atomic E-state index is -0.986. The molecule has 6 nitrogen and oxygen atoms in total. The number of carbonyl (C=O) groups excluding carboxylic acids is 2. The van der Waals surface area contributed by atoms with Crippen molar-refractivity contribution in [2.24, 2.45) is 0 Å². The zero-order chi connectivity index (χ0) is 23.6. The molecule has 2 aromatic carbocycles. The lowest BCUT2D eigenvalue weighted by molar-refractivity contribution is -0.164. The number of fused-ring (bicyclic) bond motifs is 1. The predicted molar refractivity (Wildman–Crippen MR) is 129 cm³/mol. The van der Waals surface area contributed by atoms with Crippen LogP contribution in [0.5, 0.6) is 0 Å². The highest BCUT2D eigenvalue weighted by Gasteiger charge is 2.50. The maximum atomic E-state index is 13.6. The van der Waals surface area contributed by atoms with Crippen molar-refractivity contribution >= 4 is 50.8 Å². The fourth-order valence-electron chi connectivity index (χ4n) is 4.29. The van der Waals surface area contributed by atoms with Gasteiger partial charge in [-0.25, -0.2) is 0 Å². The zero-order valence-corrected chi connectivity index (χ0v) is 19.9. The van der Waals surface area contributed by atoms with E-state index in [1.807, 2.05) is 35.7 Å². The van der Waals surface area contributed by atoms with Crippen molar-refractivity contribution in [1.82, 2.24) is 9.80 Å². The van der Waals surface area contributed by atoms with E-state index in [0.29, 0.717) is 18.0 Å². The van der Waals surface area contributed by atoms with Gasteiger partial charge in [0.25, 0.3) is 0 Å². The van der Waals surface area contributed by atoms with Gasteiger partial charge >= 0.3 is 5.97 Å². The first-order chi connectivity index (χ1) is 15.8. The Morgan fingerprint density at radius 1 is 1.18 bits per heavy atom. The highest BCUT2D eigenvalue weighted by molar-refractivity contribution is 7.17. The first-order valence-corrected chi connectivity index (χ1v) is 12.0. The summed E-state index contributed by atoms with van der Waals surface area (Å²) < 4.78 is 1.13. The highest BCUT2D eigenvalue weighted by atomic mass is 35.5. The largest absolute Gasteiger partial charge is 0.481 e. The van der Waals surface area contributed by atoms with E-state index in [4.69, 9.17) is 11.6 Å². The van der Waals surface area contributed by atoms with Crippen LogP contribution in [0.15, 0.2) is 53.9 Å². The van der Waals surface area contributed by atoms with Gasteiger partial charge < -0.3 is 14.9 Å². The minimum absolute atomic E-state index is 0.0630. The molecule has 172 valence electrons. The van der Waals surface area contributed by atoms with Gasteiger partial charge in [0.2, 0.25) is 11.8 Å². The number of likely N-dealkylation sites (tertiary alicyclic amines) is 1. The van der Waals surface area contributed by atoms with E-state index >= 15 is 0 Å². The van der Waals surface area contributed by atoms with Crippen LogP contribution in [0.3, 0.4) is 0 Å². The molecule has 1 N–H and O–H groups in total. The zero-order valence-electron chi connectivity index (χ0n) is 18.3. The quantitative estimate of drug-likeness (QED) is 0.507. The third-order valence-electron chi connectivity index (χ3n) is 6.23. The van der Waals surface area contributed by atoms with Crippen molar-refractivity contribution in [3.63, 3.8) is 0 Å². The van der Waals surface area contributed by atoms with Crippen molar-refractivity contribution in [3.05, 3.63) is 70.1 Å². The monoisotopic (exact) mass is 484 g/mol. The summed E-state index contributed by atoms with van der Waals surface area (Å²) in [6, 6.07) is 15.1. The van der Waals surface area contributed by atoms with Gasteiger partial charge in [-0.1, -0.05) is 41.9 Å². The summed E-state index contributed by atoms with van der Waals surface area (Å²) >= 11 is 7.69.